The average Bonchev–Trinajstić information content (AvgIpc) is 3.25. The summed E-state index contributed by atoms with van der Waals surface area (Å²) in [6.45, 7) is 3.47. The molecule has 1 heterocycles. The second-order valence-corrected chi connectivity index (χ2v) is 10.4. The first-order chi connectivity index (χ1) is 16.9. The SMILES string of the molecule is Cc1cccc(S(=O)NC(=O)c2ccc(C3=NOC(c4cc(Cl)cc(Cl)c4)(C(F)(F)F)C3)cc2C)c1. The van der Waals surface area contributed by atoms with Crippen molar-refractivity contribution >= 4 is 45.8 Å². The van der Waals surface area contributed by atoms with Gasteiger partial charge in [0.15, 0.2) is 11.0 Å². The number of carbonyl (C=O) groups is 1. The fourth-order valence-electron chi connectivity index (χ4n) is 3.87. The summed E-state index contributed by atoms with van der Waals surface area (Å²) < 4.78 is 57.6. The van der Waals surface area contributed by atoms with Gasteiger partial charge in [-0.1, -0.05) is 46.6 Å². The first-order valence-electron chi connectivity index (χ1n) is 10.6. The van der Waals surface area contributed by atoms with Crippen LogP contribution >= 0.6 is 23.2 Å². The molecule has 1 N–H and O–H groups in total. The monoisotopic (exact) mass is 554 g/mol. The van der Waals surface area contributed by atoms with Gasteiger partial charge in [0.05, 0.1) is 10.6 Å². The van der Waals surface area contributed by atoms with Gasteiger partial charge >= 0.3 is 6.18 Å². The van der Waals surface area contributed by atoms with Gasteiger partial charge in [0, 0.05) is 27.6 Å². The van der Waals surface area contributed by atoms with Crippen molar-refractivity contribution in [1.82, 2.24) is 4.72 Å². The van der Waals surface area contributed by atoms with Gasteiger partial charge in [-0.25, -0.2) is 4.21 Å². The zero-order chi connectivity index (χ0) is 26.3. The van der Waals surface area contributed by atoms with E-state index in [1.807, 2.05) is 13.0 Å². The Bertz CT molecular complexity index is 1390. The molecule has 1 aliphatic heterocycles. The maximum Gasteiger partial charge on any atom is 0.435 e. The van der Waals surface area contributed by atoms with E-state index in [-0.39, 0.29) is 26.9 Å². The normalized spacial score (nSPS) is 18.4. The fraction of sp³-hybridized carbons (Fsp3) is 0.200. The molecule has 36 heavy (non-hydrogen) atoms. The van der Waals surface area contributed by atoms with Crippen molar-refractivity contribution in [3.63, 3.8) is 0 Å². The lowest BCUT2D eigenvalue weighted by Gasteiger charge is -2.29. The van der Waals surface area contributed by atoms with Crippen LogP contribution in [0.25, 0.3) is 0 Å². The molecule has 188 valence electrons. The summed E-state index contributed by atoms with van der Waals surface area (Å²) in [6, 6.07) is 15.0. The third kappa shape index (κ3) is 5.14. The molecule has 0 fully saturated rings. The third-order valence-corrected chi connectivity index (χ3v) is 7.20. The van der Waals surface area contributed by atoms with E-state index in [0.717, 1.165) is 17.7 Å². The van der Waals surface area contributed by atoms with Crippen LogP contribution in [-0.4, -0.2) is 22.0 Å². The van der Waals surface area contributed by atoms with E-state index in [1.165, 1.54) is 24.3 Å². The predicted octanol–water partition coefficient (Wildman–Crippen LogP) is 6.65. The van der Waals surface area contributed by atoms with Crippen LogP contribution in [0.4, 0.5) is 13.2 Å². The number of alkyl halides is 3. The molecular formula is C25H19Cl2F3N2O3S. The van der Waals surface area contributed by atoms with Crippen LogP contribution in [0.15, 0.2) is 70.7 Å². The van der Waals surface area contributed by atoms with Gasteiger partial charge in [-0.15, -0.1) is 0 Å². The van der Waals surface area contributed by atoms with Crippen molar-refractivity contribution in [3.8, 4) is 0 Å². The molecule has 5 nitrogen and oxygen atoms in total. The van der Waals surface area contributed by atoms with Crippen LogP contribution in [-0.2, 0) is 21.4 Å². The Morgan fingerprint density at radius 2 is 1.75 bits per heavy atom. The highest BCUT2D eigenvalue weighted by Crippen LogP contribution is 2.49. The van der Waals surface area contributed by atoms with Gasteiger partial charge in [0.1, 0.15) is 0 Å². The maximum absolute atomic E-state index is 14.2. The van der Waals surface area contributed by atoms with Crippen molar-refractivity contribution < 1.29 is 27.0 Å². The quantitative estimate of drug-likeness (QED) is 0.384. The van der Waals surface area contributed by atoms with Gasteiger partial charge in [-0.05, 0) is 73.0 Å². The number of rotatable bonds is 5. The number of oxime groups is 1. The number of aryl methyl sites for hydroxylation is 2. The Labute approximate surface area is 217 Å². The average molecular weight is 555 g/mol. The summed E-state index contributed by atoms with van der Waals surface area (Å²) in [5, 5.41) is 3.80. The molecule has 4 rings (SSSR count). The van der Waals surface area contributed by atoms with Gasteiger partial charge in [-0.2, -0.15) is 13.2 Å². The minimum absolute atomic E-state index is 0.0347. The number of halogens is 5. The van der Waals surface area contributed by atoms with Crippen molar-refractivity contribution in [2.75, 3.05) is 0 Å². The van der Waals surface area contributed by atoms with Crippen LogP contribution in [0.1, 0.15) is 39.0 Å². The first-order valence-corrected chi connectivity index (χ1v) is 12.5. The van der Waals surface area contributed by atoms with Crippen LogP contribution < -0.4 is 4.72 Å². The van der Waals surface area contributed by atoms with E-state index in [0.29, 0.717) is 16.0 Å². The molecule has 11 heteroatoms. The molecule has 1 amide bonds. The Hall–Kier alpha value is -2.88. The molecule has 0 radical (unpaired) electrons. The summed E-state index contributed by atoms with van der Waals surface area (Å²) in [5.41, 5.74) is -1.05. The smallest absolute Gasteiger partial charge is 0.374 e. The molecule has 2 atom stereocenters. The highest BCUT2D eigenvalue weighted by Gasteiger charge is 2.62. The summed E-state index contributed by atoms with van der Waals surface area (Å²) in [6.07, 6.45) is -5.43. The zero-order valence-corrected chi connectivity index (χ0v) is 21.3. The fourth-order valence-corrected chi connectivity index (χ4v) is 5.29. The molecule has 0 aromatic heterocycles. The van der Waals surface area contributed by atoms with E-state index < -0.39 is 35.1 Å². The highest BCUT2D eigenvalue weighted by molar-refractivity contribution is 7.83. The van der Waals surface area contributed by atoms with Gasteiger partial charge in [-0.3, -0.25) is 9.52 Å². The minimum atomic E-state index is -4.82. The molecule has 2 unspecified atom stereocenters. The lowest BCUT2D eigenvalue weighted by Crippen LogP contribution is -2.42. The predicted molar refractivity (Wildman–Crippen MR) is 133 cm³/mol. The summed E-state index contributed by atoms with van der Waals surface area (Å²) in [5.74, 6) is -0.582. The zero-order valence-electron chi connectivity index (χ0n) is 19.0. The largest absolute Gasteiger partial charge is 0.435 e. The molecule has 0 aliphatic carbocycles. The standard InChI is InChI=1S/C25H19Cl2F3N2O3S/c1-14-4-3-5-20(8-14)36(34)32-23(33)21-7-6-16(9-15(21)2)22-13-24(35-31-22,25(28,29)30)17-10-18(26)12-19(27)11-17/h3-12H,13H2,1-2H3,(H,32,33). The van der Waals surface area contributed by atoms with Crippen LogP contribution in [0.3, 0.4) is 0 Å². The Morgan fingerprint density at radius 1 is 1.06 bits per heavy atom. The van der Waals surface area contributed by atoms with E-state index in [2.05, 4.69) is 9.88 Å². The molecule has 0 saturated carbocycles. The second-order valence-electron chi connectivity index (χ2n) is 8.34. The molecular weight excluding hydrogens is 536 g/mol. The number of amides is 1. The van der Waals surface area contributed by atoms with E-state index in [9.17, 15) is 22.2 Å². The summed E-state index contributed by atoms with van der Waals surface area (Å²) in [7, 11) is -1.78. The van der Waals surface area contributed by atoms with Crippen molar-refractivity contribution in [3.05, 3.63) is 98.5 Å². The maximum atomic E-state index is 14.2. The van der Waals surface area contributed by atoms with E-state index >= 15 is 0 Å². The van der Waals surface area contributed by atoms with Crippen LogP contribution in [0.5, 0.6) is 0 Å². The number of nitrogens with zero attached hydrogens (tertiary/aromatic N) is 1. The Balaban J connectivity index is 1.57. The van der Waals surface area contributed by atoms with Crippen molar-refractivity contribution in [2.45, 2.75) is 36.9 Å². The topological polar surface area (TPSA) is 67.8 Å². The Kier molecular flexibility index (Phi) is 7.19. The molecule has 3 aromatic rings. The third-order valence-electron chi connectivity index (χ3n) is 5.71. The summed E-state index contributed by atoms with van der Waals surface area (Å²) >= 11 is 11.9. The lowest BCUT2D eigenvalue weighted by atomic mass is 9.86. The minimum Gasteiger partial charge on any atom is -0.374 e. The Morgan fingerprint density at radius 3 is 2.36 bits per heavy atom. The van der Waals surface area contributed by atoms with Crippen molar-refractivity contribution in [1.29, 1.82) is 0 Å². The number of hydrogen-bond acceptors (Lipinski definition) is 4. The number of hydrogen-bond donors (Lipinski definition) is 1. The molecule has 1 aliphatic rings. The number of nitrogens with one attached hydrogen (secondary N) is 1. The van der Waals surface area contributed by atoms with E-state index in [4.69, 9.17) is 28.0 Å². The molecule has 0 spiro atoms. The number of carbonyl (C=O) groups excluding carboxylic acids is 1. The van der Waals surface area contributed by atoms with Crippen LogP contribution in [0.2, 0.25) is 10.0 Å². The van der Waals surface area contributed by atoms with Crippen LogP contribution in [0, 0.1) is 13.8 Å². The highest BCUT2D eigenvalue weighted by atomic mass is 35.5. The first kappa shape index (κ1) is 26.2. The van der Waals surface area contributed by atoms with Gasteiger partial charge in [0.2, 0.25) is 0 Å². The number of benzene rings is 3. The molecule has 3 aromatic carbocycles. The van der Waals surface area contributed by atoms with Crippen molar-refractivity contribution in [2.24, 2.45) is 5.16 Å². The molecule has 0 bridgehead atoms. The lowest BCUT2D eigenvalue weighted by molar-refractivity contribution is -0.275. The summed E-state index contributed by atoms with van der Waals surface area (Å²) in [4.78, 5) is 18.2. The van der Waals surface area contributed by atoms with Gasteiger partial charge in [0.25, 0.3) is 11.5 Å². The van der Waals surface area contributed by atoms with Gasteiger partial charge < -0.3 is 4.84 Å². The molecule has 0 saturated heterocycles. The van der Waals surface area contributed by atoms with E-state index in [1.54, 1.807) is 25.1 Å². The second kappa shape index (κ2) is 9.88.